The molecular formula is C9H14IN3O. The number of anilines is 1. The molecule has 78 valence electrons. The van der Waals surface area contributed by atoms with Crippen molar-refractivity contribution >= 4 is 28.4 Å². The Balaban J connectivity index is 2.51. The van der Waals surface area contributed by atoms with E-state index in [4.69, 9.17) is 4.74 Å². The molecule has 0 aliphatic rings. The van der Waals surface area contributed by atoms with Crippen LogP contribution < -0.4 is 4.90 Å². The molecule has 0 radical (unpaired) electrons. The third kappa shape index (κ3) is 3.38. The highest BCUT2D eigenvalue weighted by molar-refractivity contribution is 14.1. The van der Waals surface area contributed by atoms with E-state index in [1.165, 1.54) is 0 Å². The van der Waals surface area contributed by atoms with Crippen LogP contribution in [0, 0.1) is 3.57 Å². The number of rotatable bonds is 5. The zero-order chi connectivity index (χ0) is 10.4. The summed E-state index contributed by atoms with van der Waals surface area (Å²) in [6, 6.07) is 0. The molecule has 0 amide bonds. The van der Waals surface area contributed by atoms with Crippen LogP contribution in [-0.4, -0.2) is 36.8 Å². The first kappa shape index (κ1) is 11.6. The first-order valence-corrected chi connectivity index (χ1v) is 5.58. The molecular weight excluding hydrogens is 293 g/mol. The number of nitrogens with zero attached hydrogens (tertiary/aromatic N) is 3. The Morgan fingerprint density at radius 3 is 3.00 bits per heavy atom. The summed E-state index contributed by atoms with van der Waals surface area (Å²) in [5.74, 6) is 0.959. The fourth-order valence-corrected chi connectivity index (χ4v) is 1.75. The maximum atomic E-state index is 5.28. The number of aromatic nitrogens is 2. The predicted octanol–water partition coefficient (Wildman–Crippen LogP) is 1.55. The molecule has 0 saturated carbocycles. The van der Waals surface area contributed by atoms with Crippen molar-refractivity contribution in [2.75, 3.05) is 31.7 Å². The minimum Gasteiger partial charge on any atom is -0.380 e. The molecule has 4 nitrogen and oxygen atoms in total. The molecule has 0 spiro atoms. The minimum absolute atomic E-state index is 0.729. The largest absolute Gasteiger partial charge is 0.380 e. The number of hydrogen-bond donors (Lipinski definition) is 0. The van der Waals surface area contributed by atoms with Gasteiger partial charge in [0.2, 0.25) is 0 Å². The number of ether oxygens (including phenoxy) is 1. The molecule has 0 fully saturated rings. The van der Waals surface area contributed by atoms with Crippen molar-refractivity contribution in [3.63, 3.8) is 0 Å². The van der Waals surface area contributed by atoms with E-state index < -0.39 is 0 Å². The normalized spacial score (nSPS) is 10.2. The highest BCUT2D eigenvalue weighted by atomic mass is 127. The van der Waals surface area contributed by atoms with Gasteiger partial charge in [-0.05, 0) is 29.5 Å². The van der Waals surface area contributed by atoms with Crippen molar-refractivity contribution in [1.82, 2.24) is 9.97 Å². The molecule has 0 bridgehead atoms. The highest BCUT2D eigenvalue weighted by Crippen LogP contribution is 2.15. The molecule has 1 aromatic heterocycles. The monoisotopic (exact) mass is 307 g/mol. The lowest BCUT2D eigenvalue weighted by Gasteiger charge is -2.18. The Morgan fingerprint density at radius 1 is 1.57 bits per heavy atom. The third-order valence-electron chi connectivity index (χ3n) is 1.78. The van der Waals surface area contributed by atoms with Gasteiger partial charge in [-0.25, -0.2) is 9.97 Å². The van der Waals surface area contributed by atoms with Gasteiger partial charge < -0.3 is 9.64 Å². The quantitative estimate of drug-likeness (QED) is 0.611. The molecule has 0 saturated heterocycles. The molecule has 1 aromatic rings. The number of hydrogen-bond acceptors (Lipinski definition) is 4. The predicted molar refractivity (Wildman–Crippen MR) is 64.5 cm³/mol. The molecule has 14 heavy (non-hydrogen) atoms. The van der Waals surface area contributed by atoms with E-state index in [2.05, 4.69) is 37.5 Å². The molecule has 0 atom stereocenters. The van der Waals surface area contributed by atoms with Gasteiger partial charge in [-0.3, -0.25) is 0 Å². The summed E-state index contributed by atoms with van der Waals surface area (Å²) in [5.41, 5.74) is 0. The second kappa shape index (κ2) is 6.13. The lowest BCUT2D eigenvalue weighted by Crippen LogP contribution is -2.24. The van der Waals surface area contributed by atoms with Crippen molar-refractivity contribution in [3.05, 3.63) is 16.1 Å². The molecule has 0 aliphatic carbocycles. The Hall–Kier alpha value is -0.430. The van der Waals surface area contributed by atoms with Crippen LogP contribution in [0.3, 0.4) is 0 Å². The van der Waals surface area contributed by atoms with Crippen LogP contribution in [0.2, 0.25) is 0 Å². The Labute approximate surface area is 97.8 Å². The lowest BCUT2D eigenvalue weighted by atomic mass is 10.5. The minimum atomic E-state index is 0.729. The van der Waals surface area contributed by atoms with Crippen molar-refractivity contribution in [2.24, 2.45) is 0 Å². The van der Waals surface area contributed by atoms with Crippen LogP contribution in [0.5, 0.6) is 0 Å². The fourth-order valence-electron chi connectivity index (χ4n) is 1.04. The second-order valence-electron chi connectivity index (χ2n) is 2.81. The van der Waals surface area contributed by atoms with E-state index in [0.29, 0.717) is 0 Å². The molecule has 1 rings (SSSR count). The van der Waals surface area contributed by atoms with Gasteiger partial charge >= 0.3 is 0 Å². The van der Waals surface area contributed by atoms with Crippen LogP contribution in [0.4, 0.5) is 5.82 Å². The van der Waals surface area contributed by atoms with Gasteiger partial charge in [-0.1, -0.05) is 0 Å². The third-order valence-corrected chi connectivity index (χ3v) is 2.55. The van der Waals surface area contributed by atoms with Gasteiger partial charge in [-0.2, -0.15) is 0 Å². The summed E-state index contributed by atoms with van der Waals surface area (Å²) in [5, 5.41) is 0. The van der Waals surface area contributed by atoms with Crippen molar-refractivity contribution < 1.29 is 4.74 Å². The van der Waals surface area contributed by atoms with Gasteiger partial charge in [0.15, 0.2) is 0 Å². The Morgan fingerprint density at radius 2 is 2.36 bits per heavy atom. The van der Waals surface area contributed by atoms with Crippen molar-refractivity contribution in [3.8, 4) is 0 Å². The van der Waals surface area contributed by atoms with Crippen molar-refractivity contribution in [2.45, 2.75) is 6.92 Å². The first-order valence-electron chi connectivity index (χ1n) is 4.50. The molecule has 0 unspecified atom stereocenters. The van der Waals surface area contributed by atoms with Gasteiger partial charge in [0.25, 0.3) is 0 Å². The van der Waals surface area contributed by atoms with Crippen LogP contribution >= 0.6 is 22.6 Å². The molecule has 0 aliphatic heterocycles. The van der Waals surface area contributed by atoms with Crippen molar-refractivity contribution in [1.29, 1.82) is 0 Å². The molecule has 1 heterocycles. The van der Waals surface area contributed by atoms with Gasteiger partial charge in [0.1, 0.15) is 12.1 Å². The van der Waals surface area contributed by atoms with E-state index >= 15 is 0 Å². The first-order chi connectivity index (χ1) is 6.75. The van der Waals surface area contributed by atoms with Crippen LogP contribution in [0.1, 0.15) is 6.92 Å². The average Bonchev–Trinajstić information content (AvgIpc) is 2.18. The molecule has 5 heteroatoms. The Bertz CT molecular complexity index is 283. The topological polar surface area (TPSA) is 38.2 Å². The van der Waals surface area contributed by atoms with Crippen LogP contribution in [-0.2, 0) is 4.74 Å². The summed E-state index contributed by atoms with van der Waals surface area (Å²) in [6.45, 7) is 4.33. The Kier molecular flexibility index (Phi) is 5.10. The van der Waals surface area contributed by atoms with E-state index in [0.717, 1.165) is 29.1 Å². The fraction of sp³-hybridized carbons (Fsp3) is 0.556. The zero-order valence-corrected chi connectivity index (χ0v) is 10.6. The highest BCUT2D eigenvalue weighted by Gasteiger charge is 2.05. The summed E-state index contributed by atoms with van der Waals surface area (Å²) in [6.07, 6.45) is 3.37. The zero-order valence-electron chi connectivity index (χ0n) is 8.40. The summed E-state index contributed by atoms with van der Waals surface area (Å²) in [7, 11) is 2.00. The van der Waals surface area contributed by atoms with E-state index in [1.54, 1.807) is 12.5 Å². The van der Waals surface area contributed by atoms with Crippen LogP contribution in [0.25, 0.3) is 0 Å². The standard InChI is InChI=1S/C9H14IN3O/c1-3-14-5-4-13(2)9-8(10)6-11-7-12-9/h6-7H,3-5H2,1-2H3. The van der Waals surface area contributed by atoms with E-state index in [-0.39, 0.29) is 0 Å². The van der Waals surface area contributed by atoms with E-state index in [1.807, 2.05) is 14.0 Å². The molecule has 0 aromatic carbocycles. The van der Waals surface area contributed by atoms with Gasteiger partial charge in [-0.15, -0.1) is 0 Å². The average molecular weight is 307 g/mol. The van der Waals surface area contributed by atoms with Gasteiger partial charge in [0, 0.05) is 26.4 Å². The maximum Gasteiger partial charge on any atom is 0.145 e. The summed E-state index contributed by atoms with van der Waals surface area (Å²) >= 11 is 2.23. The summed E-state index contributed by atoms with van der Waals surface area (Å²) < 4.78 is 6.34. The summed E-state index contributed by atoms with van der Waals surface area (Å²) in [4.78, 5) is 10.2. The smallest absolute Gasteiger partial charge is 0.145 e. The number of halogens is 1. The maximum absolute atomic E-state index is 5.28. The SMILES string of the molecule is CCOCCN(C)c1ncncc1I. The van der Waals surface area contributed by atoms with E-state index in [9.17, 15) is 0 Å². The van der Waals surface area contributed by atoms with Gasteiger partial charge in [0.05, 0.1) is 10.2 Å². The van der Waals surface area contributed by atoms with Crippen LogP contribution in [0.15, 0.2) is 12.5 Å². The second-order valence-corrected chi connectivity index (χ2v) is 3.97. The lowest BCUT2D eigenvalue weighted by molar-refractivity contribution is 0.154. The molecule has 0 N–H and O–H groups in total. The number of likely N-dealkylation sites (N-methyl/N-ethyl adjacent to an activating group) is 1.